The molecule has 0 aliphatic carbocycles. The minimum atomic E-state index is -0.109. The van der Waals surface area contributed by atoms with Crippen molar-refractivity contribution in [1.82, 2.24) is 14.7 Å². The second-order valence-corrected chi connectivity index (χ2v) is 8.15. The van der Waals surface area contributed by atoms with Crippen molar-refractivity contribution in [3.8, 4) is 10.6 Å². The van der Waals surface area contributed by atoms with Crippen LogP contribution in [0.3, 0.4) is 0 Å². The van der Waals surface area contributed by atoms with Crippen molar-refractivity contribution in [2.75, 3.05) is 13.1 Å². The van der Waals surface area contributed by atoms with Gasteiger partial charge in [0.2, 0.25) is 5.91 Å². The van der Waals surface area contributed by atoms with E-state index in [0.717, 1.165) is 35.5 Å². The van der Waals surface area contributed by atoms with Crippen LogP contribution in [-0.2, 0) is 11.2 Å². The van der Waals surface area contributed by atoms with Crippen LogP contribution in [0.15, 0.2) is 51.3 Å². The van der Waals surface area contributed by atoms with E-state index in [2.05, 4.69) is 5.10 Å². The first kappa shape index (κ1) is 17.2. The number of nitrogens with zero attached hydrogens (tertiary/aromatic N) is 3. The maximum Gasteiger partial charge on any atom is 0.267 e. The third kappa shape index (κ3) is 3.64. The lowest BCUT2D eigenvalue weighted by Crippen LogP contribution is -2.44. The van der Waals surface area contributed by atoms with Crippen LogP contribution < -0.4 is 5.56 Å². The minimum Gasteiger partial charge on any atom is -0.340 e. The first-order valence-electron chi connectivity index (χ1n) is 8.63. The number of aromatic nitrogens is 2. The first-order valence-corrected chi connectivity index (χ1v) is 10.5. The van der Waals surface area contributed by atoms with Crippen molar-refractivity contribution in [3.05, 3.63) is 62.4 Å². The van der Waals surface area contributed by atoms with Crippen LogP contribution >= 0.6 is 22.7 Å². The molecule has 5 nitrogen and oxygen atoms in total. The third-order valence-corrected chi connectivity index (χ3v) is 6.25. The molecule has 0 spiro atoms. The zero-order valence-corrected chi connectivity index (χ0v) is 15.8. The lowest BCUT2D eigenvalue weighted by atomic mass is 10.0. The van der Waals surface area contributed by atoms with Crippen LogP contribution in [0, 0.1) is 0 Å². The second-order valence-electron chi connectivity index (χ2n) is 6.42. The van der Waals surface area contributed by atoms with E-state index in [-0.39, 0.29) is 17.5 Å². The van der Waals surface area contributed by atoms with Crippen molar-refractivity contribution in [2.24, 2.45) is 0 Å². The number of thiophene rings is 2. The third-order valence-electron chi connectivity index (χ3n) is 4.63. The number of carbonyl (C=O) groups excluding carboxylic acids is 1. The minimum absolute atomic E-state index is 0.0670. The molecule has 0 aromatic carbocycles. The summed E-state index contributed by atoms with van der Waals surface area (Å²) in [6.45, 7) is 1.29. The number of piperidine rings is 1. The number of hydrogen-bond donors (Lipinski definition) is 0. The second kappa shape index (κ2) is 7.55. The molecule has 1 atom stereocenters. The predicted octanol–water partition coefficient (Wildman–Crippen LogP) is 3.44. The molecule has 1 fully saturated rings. The van der Waals surface area contributed by atoms with Gasteiger partial charge in [0.15, 0.2) is 0 Å². The summed E-state index contributed by atoms with van der Waals surface area (Å²) in [4.78, 5) is 27.9. The van der Waals surface area contributed by atoms with Crippen molar-refractivity contribution in [3.63, 3.8) is 0 Å². The van der Waals surface area contributed by atoms with E-state index in [4.69, 9.17) is 0 Å². The molecule has 1 aliphatic rings. The van der Waals surface area contributed by atoms with Crippen LogP contribution in [-0.4, -0.2) is 33.7 Å². The van der Waals surface area contributed by atoms with E-state index in [1.54, 1.807) is 39.5 Å². The predicted molar refractivity (Wildman–Crippen MR) is 105 cm³/mol. The fourth-order valence-electron chi connectivity index (χ4n) is 3.30. The number of amides is 1. The summed E-state index contributed by atoms with van der Waals surface area (Å²) in [7, 11) is 0. The zero-order valence-electron chi connectivity index (χ0n) is 14.2. The molecule has 26 heavy (non-hydrogen) atoms. The Morgan fingerprint density at radius 3 is 2.92 bits per heavy atom. The van der Waals surface area contributed by atoms with E-state index in [1.165, 1.54) is 0 Å². The standard InChI is InChI=1S/C19H19N3O2S2/c23-18-6-5-16(17-4-2-9-26-17)20-22(18)15-3-1-8-21(12-15)19(24)11-14-7-10-25-13-14/h2,4-7,9-10,13,15H,1,3,8,11-12H2/t15-/m1/s1. The Kier molecular flexibility index (Phi) is 4.99. The summed E-state index contributed by atoms with van der Waals surface area (Å²) >= 11 is 3.21. The molecule has 3 aromatic rings. The largest absolute Gasteiger partial charge is 0.340 e. The Morgan fingerprint density at radius 2 is 2.15 bits per heavy atom. The average Bonchev–Trinajstić information content (AvgIpc) is 3.36. The number of hydrogen-bond acceptors (Lipinski definition) is 5. The molecule has 4 heterocycles. The van der Waals surface area contributed by atoms with Crippen LogP contribution in [0.25, 0.3) is 10.6 Å². The van der Waals surface area contributed by atoms with Gasteiger partial charge in [-0.25, -0.2) is 4.68 Å². The first-order chi connectivity index (χ1) is 12.7. The average molecular weight is 386 g/mol. The van der Waals surface area contributed by atoms with Gasteiger partial charge in [0.1, 0.15) is 5.69 Å². The maximum absolute atomic E-state index is 12.6. The highest BCUT2D eigenvalue weighted by atomic mass is 32.1. The fourth-order valence-corrected chi connectivity index (χ4v) is 4.66. The van der Waals surface area contributed by atoms with Crippen LogP contribution in [0.1, 0.15) is 24.4 Å². The molecule has 134 valence electrons. The molecular weight excluding hydrogens is 366 g/mol. The topological polar surface area (TPSA) is 55.2 Å². The molecule has 1 saturated heterocycles. The highest BCUT2D eigenvalue weighted by Gasteiger charge is 2.26. The van der Waals surface area contributed by atoms with Crippen LogP contribution in [0.4, 0.5) is 0 Å². The monoisotopic (exact) mass is 385 g/mol. The van der Waals surface area contributed by atoms with Crippen molar-refractivity contribution in [2.45, 2.75) is 25.3 Å². The molecule has 3 aromatic heterocycles. The van der Waals surface area contributed by atoms with Gasteiger partial charge in [0.05, 0.1) is 17.3 Å². The number of carbonyl (C=O) groups is 1. The molecule has 0 N–H and O–H groups in total. The van der Waals surface area contributed by atoms with Gasteiger partial charge in [0, 0.05) is 19.2 Å². The van der Waals surface area contributed by atoms with Crippen molar-refractivity contribution in [1.29, 1.82) is 0 Å². The zero-order chi connectivity index (χ0) is 17.9. The van der Waals surface area contributed by atoms with E-state index in [9.17, 15) is 9.59 Å². The molecular formula is C19H19N3O2S2. The summed E-state index contributed by atoms with van der Waals surface area (Å²) in [5.74, 6) is 0.121. The molecule has 1 amide bonds. The highest BCUT2D eigenvalue weighted by Crippen LogP contribution is 2.24. The number of likely N-dealkylation sites (tertiary alicyclic amines) is 1. The van der Waals surface area contributed by atoms with E-state index in [1.807, 2.05) is 39.2 Å². The van der Waals surface area contributed by atoms with Gasteiger partial charge in [-0.1, -0.05) is 6.07 Å². The smallest absolute Gasteiger partial charge is 0.267 e. The number of rotatable bonds is 4. The van der Waals surface area contributed by atoms with Gasteiger partial charge in [-0.15, -0.1) is 11.3 Å². The van der Waals surface area contributed by atoms with E-state index >= 15 is 0 Å². The van der Waals surface area contributed by atoms with Crippen LogP contribution in [0.5, 0.6) is 0 Å². The summed E-state index contributed by atoms with van der Waals surface area (Å²) < 4.78 is 1.57. The van der Waals surface area contributed by atoms with Crippen molar-refractivity contribution >= 4 is 28.6 Å². The molecule has 4 rings (SSSR count). The summed E-state index contributed by atoms with van der Waals surface area (Å²) in [5.41, 5.74) is 1.75. The van der Waals surface area contributed by atoms with Gasteiger partial charge in [-0.2, -0.15) is 16.4 Å². The fraction of sp³-hybridized carbons (Fsp3) is 0.316. The molecule has 0 unspecified atom stereocenters. The quantitative estimate of drug-likeness (QED) is 0.691. The lowest BCUT2D eigenvalue weighted by Gasteiger charge is -2.33. The maximum atomic E-state index is 12.6. The van der Waals surface area contributed by atoms with Gasteiger partial charge in [0.25, 0.3) is 5.56 Å². The Bertz CT molecular complexity index is 932. The Labute approximate surface area is 159 Å². The molecule has 0 radical (unpaired) electrons. The van der Waals surface area contributed by atoms with Gasteiger partial charge in [-0.05, 0) is 52.7 Å². The van der Waals surface area contributed by atoms with E-state index < -0.39 is 0 Å². The van der Waals surface area contributed by atoms with Gasteiger partial charge in [-0.3, -0.25) is 9.59 Å². The van der Waals surface area contributed by atoms with Crippen LogP contribution in [0.2, 0.25) is 0 Å². The Morgan fingerprint density at radius 1 is 1.23 bits per heavy atom. The van der Waals surface area contributed by atoms with E-state index in [0.29, 0.717) is 13.0 Å². The SMILES string of the molecule is O=C(Cc1ccsc1)N1CCC[C@@H](n2nc(-c3cccs3)ccc2=O)C1. The molecule has 0 bridgehead atoms. The summed E-state index contributed by atoms with van der Waals surface area (Å²) in [6, 6.07) is 9.24. The Hall–Kier alpha value is -2.25. The summed E-state index contributed by atoms with van der Waals surface area (Å²) in [6.07, 6.45) is 2.17. The normalized spacial score (nSPS) is 17.4. The summed E-state index contributed by atoms with van der Waals surface area (Å²) in [5, 5.41) is 10.6. The lowest BCUT2D eigenvalue weighted by molar-refractivity contribution is -0.132. The highest BCUT2D eigenvalue weighted by molar-refractivity contribution is 7.13. The van der Waals surface area contributed by atoms with Gasteiger partial charge < -0.3 is 4.90 Å². The molecule has 1 aliphatic heterocycles. The Balaban J connectivity index is 1.53. The van der Waals surface area contributed by atoms with Crippen molar-refractivity contribution < 1.29 is 4.79 Å². The van der Waals surface area contributed by atoms with Gasteiger partial charge >= 0.3 is 0 Å². The molecule has 0 saturated carbocycles. The molecule has 7 heteroatoms.